The van der Waals surface area contributed by atoms with Gasteiger partial charge < -0.3 is 0 Å². The summed E-state index contributed by atoms with van der Waals surface area (Å²) < 4.78 is 0. The zero-order valence-corrected chi connectivity index (χ0v) is 8.67. The highest BCUT2D eigenvalue weighted by atomic mass is 16.1. The van der Waals surface area contributed by atoms with Crippen molar-refractivity contribution in [3.05, 3.63) is 12.7 Å². The molecule has 2 heteroatoms. The van der Waals surface area contributed by atoms with Gasteiger partial charge in [-0.1, -0.05) is 19.4 Å². The zero-order chi connectivity index (χ0) is 10.4. The molecule has 0 N–H and O–H groups in total. The topological polar surface area (TPSA) is 34.1 Å². The molecule has 0 saturated carbocycles. The van der Waals surface area contributed by atoms with Crippen LogP contribution in [0.4, 0.5) is 0 Å². The first kappa shape index (κ1) is 12.1. The van der Waals surface area contributed by atoms with Gasteiger partial charge in [-0.2, -0.15) is 0 Å². The van der Waals surface area contributed by atoms with Gasteiger partial charge in [0, 0.05) is 0 Å². The van der Waals surface area contributed by atoms with Crippen molar-refractivity contribution in [1.82, 2.24) is 0 Å². The first-order valence-electron chi connectivity index (χ1n) is 4.68. The molecule has 0 rings (SSSR count). The maximum atomic E-state index is 11.2. The number of carbonyl (C=O) groups is 2. The van der Waals surface area contributed by atoms with E-state index in [1.807, 2.05) is 6.92 Å². The highest BCUT2D eigenvalue weighted by Gasteiger charge is 2.26. The van der Waals surface area contributed by atoms with E-state index < -0.39 is 5.92 Å². The number of hydrogen-bond acceptors (Lipinski definition) is 2. The minimum atomic E-state index is -0.475. The van der Waals surface area contributed by atoms with Crippen LogP contribution in [0.25, 0.3) is 0 Å². The summed E-state index contributed by atoms with van der Waals surface area (Å²) in [5, 5.41) is 0. The first-order chi connectivity index (χ1) is 6.04. The van der Waals surface area contributed by atoms with Gasteiger partial charge in [0.15, 0.2) is 0 Å². The van der Waals surface area contributed by atoms with Gasteiger partial charge in [-0.25, -0.2) is 0 Å². The third-order valence-electron chi connectivity index (χ3n) is 2.23. The minimum Gasteiger partial charge on any atom is -0.299 e. The second-order valence-electron chi connectivity index (χ2n) is 3.39. The van der Waals surface area contributed by atoms with Crippen LogP contribution in [-0.2, 0) is 9.59 Å². The molecule has 0 aromatic rings. The van der Waals surface area contributed by atoms with Crippen molar-refractivity contribution in [2.75, 3.05) is 0 Å². The number of carbonyl (C=O) groups excluding carboxylic acids is 2. The standard InChI is InChI=1S/C11H18O2/c1-5-7-10(6-2)11(8(3)12)9(4)13/h6,10-11H,2,5,7H2,1,3-4H3/t10-/m1/s1. The molecule has 0 aromatic carbocycles. The predicted molar refractivity (Wildman–Crippen MR) is 53.4 cm³/mol. The fourth-order valence-corrected chi connectivity index (χ4v) is 1.64. The van der Waals surface area contributed by atoms with Gasteiger partial charge in [0.05, 0.1) is 5.92 Å². The molecule has 0 aliphatic heterocycles. The van der Waals surface area contributed by atoms with Crippen molar-refractivity contribution in [3.8, 4) is 0 Å². The number of hydrogen-bond donors (Lipinski definition) is 0. The molecule has 0 saturated heterocycles. The second-order valence-corrected chi connectivity index (χ2v) is 3.39. The van der Waals surface area contributed by atoms with Crippen LogP contribution in [0.3, 0.4) is 0 Å². The van der Waals surface area contributed by atoms with Gasteiger partial charge in [0.1, 0.15) is 11.6 Å². The largest absolute Gasteiger partial charge is 0.299 e. The molecule has 1 atom stereocenters. The molecular formula is C11H18O2. The summed E-state index contributed by atoms with van der Waals surface area (Å²) >= 11 is 0. The van der Waals surface area contributed by atoms with Crippen LogP contribution in [0.5, 0.6) is 0 Å². The zero-order valence-electron chi connectivity index (χ0n) is 8.67. The van der Waals surface area contributed by atoms with Crippen molar-refractivity contribution in [1.29, 1.82) is 0 Å². The Morgan fingerprint density at radius 2 is 1.77 bits per heavy atom. The van der Waals surface area contributed by atoms with E-state index in [0.29, 0.717) is 0 Å². The van der Waals surface area contributed by atoms with Crippen LogP contribution in [-0.4, -0.2) is 11.6 Å². The van der Waals surface area contributed by atoms with Gasteiger partial charge in [-0.15, -0.1) is 6.58 Å². The molecular weight excluding hydrogens is 164 g/mol. The summed E-state index contributed by atoms with van der Waals surface area (Å²) in [5.41, 5.74) is 0. The first-order valence-corrected chi connectivity index (χ1v) is 4.68. The highest BCUT2D eigenvalue weighted by molar-refractivity contribution is 6.00. The lowest BCUT2D eigenvalue weighted by atomic mass is 9.83. The van der Waals surface area contributed by atoms with Gasteiger partial charge in [-0.05, 0) is 26.2 Å². The third kappa shape index (κ3) is 3.53. The summed E-state index contributed by atoms with van der Waals surface area (Å²) in [6, 6.07) is 0. The molecule has 0 aliphatic rings. The van der Waals surface area contributed by atoms with E-state index in [1.165, 1.54) is 13.8 Å². The van der Waals surface area contributed by atoms with E-state index in [9.17, 15) is 9.59 Å². The molecule has 0 heterocycles. The smallest absolute Gasteiger partial charge is 0.140 e. The van der Waals surface area contributed by atoms with E-state index in [-0.39, 0.29) is 17.5 Å². The maximum absolute atomic E-state index is 11.2. The molecule has 74 valence electrons. The lowest BCUT2D eigenvalue weighted by Gasteiger charge is -2.18. The molecule has 0 bridgehead atoms. The number of allylic oxidation sites excluding steroid dienone is 1. The van der Waals surface area contributed by atoms with Crippen molar-refractivity contribution in [2.24, 2.45) is 11.8 Å². The quantitative estimate of drug-likeness (QED) is 0.467. The van der Waals surface area contributed by atoms with Crippen molar-refractivity contribution in [3.63, 3.8) is 0 Å². The molecule has 0 unspecified atom stereocenters. The fourth-order valence-electron chi connectivity index (χ4n) is 1.64. The molecule has 0 aliphatic carbocycles. The Kier molecular flexibility index (Phi) is 5.28. The average molecular weight is 182 g/mol. The van der Waals surface area contributed by atoms with Crippen molar-refractivity contribution < 1.29 is 9.59 Å². The Balaban J connectivity index is 4.58. The predicted octanol–water partition coefficient (Wildman–Crippen LogP) is 2.38. The summed E-state index contributed by atoms with van der Waals surface area (Å²) in [5.74, 6) is -0.561. The monoisotopic (exact) mass is 182 g/mol. The molecule has 13 heavy (non-hydrogen) atoms. The Bertz CT molecular complexity index is 192. The van der Waals surface area contributed by atoms with Gasteiger partial charge in [-0.3, -0.25) is 9.59 Å². The van der Waals surface area contributed by atoms with E-state index in [2.05, 4.69) is 6.58 Å². The second kappa shape index (κ2) is 5.68. The summed E-state index contributed by atoms with van der Waals surface area (Å²) in [6.45, 7) is 8.64. The van der Waals surface area contributed by atoms with E-state index in [1.54, 1.807) is 6.08 Å². The molecule has 0 fully saturated rings. The third-order valence-corrected chi connectivity index (χ3v) is 2.23. The van der Waals surface area contributed by atoms with Crippen molar-refractivity contribution >= 4 is 11.6 Å². The molecule has 2 nitrogen and oxygen atoms in total. The fraction of sp³-hybridized carbons (Fsp3) is 0.636. The van der Waals surface area contributed by atoms with Gasteiger partial charge in [0.25, 0.3) is 0 Å². The van der Waals surface area contributed by atoms with E-state index in [0.717, 1.165) is 12.8 Å². The van der Waals surface area contributed by atoms with Crippen LogP contribution in [0.15, 0.2) is 12.7 Å². The molecule has 0 amide bonds. The number of rotatable bonds is 6. The Morgan fingerprint density at radius 3 is 2.00 bits per heavy atom. The Hall–Kier alpha value is -0.920. The Labute approximate surface area is 80.0 Å². The molecule has 0 aromatic heterocycles. The van der Waals surface area contributed by atoms with Crippen LogP contribution in [0.2, 0.25) is 0 Å². The molecule has 0 radical (unpaired) electrons. The highest BCUT2D eigenvalue weighted by Crippen LogP contribution is 2.20. The maximum Gasteiger partial charge on any atom is 0.140 e. The summed E-state index contributed by atoms with van der Waals surface area (Å²) in [4.78, 5) is 22.4. The number of ketones is 2. The Morgan fingerprint density at radius 1 is 1.31 bits per heavy atom. The lowest BCUT2D eigenvalue weighted by Crippen LogP contribution is -2.27. The average Bonchev–Trinajstić information content (AvgIpc) is 2.02. The van der Waals surface area contributed by atoms with E-state index >= 15 is 0 Å². The van der Waals surface area contributed by atoms with Gasteiger partial charge >= 0.3 is 0 Å². The SMILES string of the molecule is C=C[C@H](CCC)C(C(C)=O)C(C)=O. The molecule has 0 spiro atoms. The summed E-state index contributed by atoms with van der Waals surface area (Å²) in [7, 11) is 0. The van der Waals surface area contributed by atoms with Crippen LogP contribution in [0, 0.1) is 11.8 Å². The number of Topliss-reactive ketones (excluding diaryl/α,β-unsaturated/α-hetero) is 2. The van der Waals surface area contributed by atoms with Crippen LogP contribution in [0.1, 0.15) is 33.6 Å². The van der Waals surface area contributed by atoms with Gasteiger partial charge in [0.2, 0.25) is 0 Å². The normalized spacial score (nSPS) is 12.6. The summed E-state index contributed by atoms with van der Waals surface area (Å²) in [6.07, 6.45) is 3.54. The van der Waals surface area contributed by atoms with Crippen LogP contribution >= 0.6 is 0 Å². The van der Waals surface area contributed by atoms with Crippen LogP contribution < -0.4 is 0 Å². The van der Waals surface area contributed by atoms with Crippen molar-refractivity contribution in [2.45, 2.75) is 33.6 Å². The minimum absolute atomic E-state index is 0.0139. The van der Waals surface area contributed by atoms with E-state index in [4.69, 9.17) is 0 Å². The lowest BCUT2D eigenvalue weighted by molar-refractivity contribution is -0.131.